The van der Waals surface area contributed by atoms with Gasteiger partial charge in [0, 0.05) is 30.9 Å². The van der Waals surface area contributed by atoms with E-state index in [2.05, 4.69) is 4.90 Å². The van der Waals surface area contributed by atoms with Crippen LogP contribution in [0.2, 0.25) is 10.0 Å². The molecule has 2 heterocycles. The molecular weight excluding hydrogens is 375 g/mol. The van der Waals surface area contributed by atoms with E-state index in [4.69, 9.17) is 39.1 Å². The Bertz CT molecular complexity index is 863. The largest absolute Gasteiger partial charge is 0.379 e. The predicted octanol–water partition coefficient (Wildman–Crippen LogP) is 2.45. The highest BCUT2D eigenvalue weighted by atomic mass is 35.5. The molecule has 1 saturated heterocycles. The first kappa shape index (κ1) is 18.9. The molecule has 3 N–H and O–H groups in total. The molecule has 0 saturated carbocycles. The van der Waals surface area contributed by atoms with Crippen LogP contribution in [-0.4, -0.2) is 41.7 Å². The Morgan fingerprint density at radius 2 is 1.96 bits per heavy atom. The normalized spacial score (nSPS) is 16.4. The smallest absolute Gasteiger partial charge is 0.252 e. The van der Waals surface area contributed by atoms with Crippen molar-refractivity contribution in [2.75, 3.05) is 26.3 Å². The fourth-order valence-electron chi connectivity index (χ4n) is 3.17. The second-order valence-corrected chi connectivity index (χ2v) is 6.97. The number of pyridine rings is 1. The molecule has 1 aromatic heterocycles. The van der Waals surface area contributed by atoms with Gasteiger partial charge < -0.3 is 15.0 Å². The average Bonchev–Trinajstić information content (AvgIpc) is 2.63. The second kappa shape index (κ2) is 8.22. The maximum Gasteiger partial charge on any atom is 0.252 e. The number of nitrogens with zero attached hydrogens (tertiary/aromatic N) is 2. The number of nitrogens with two attached hydrogens (primary N) is 1. The molecule has 0 bridgehead atoms. The van der Waals surface area contributed by atoms with Crippen molar-refractivity contribution in [3.8, 4) is 0 Å². The van der Waals surface area contributed by atoms with Gasteiger partial charge >= 0.3 is 0 Å². The third-order valence-corrected chi connectivity index (χ3v) is 5.04. The Kier molecular flexibility index (Phi) is 5.98. The molecule has 1 aromatic carbocycles. The number of benzene rings is 1. The number of carbonyl (C=O) groups excluding carboxylic acids is 1. The Hall–Kier alpha value is -1.86. The van der Waals surface area contributed by atoms with Crippen LogP contribution in [-0.2, 0) is 11.3 Å². The zero-order valence-corrected chi connectivity index (χ0v) is 15.6. The summed E-state index contributed by atoms with van der Waals surface area (Å²) in [5.74, 6) is -0.674. The third kappa shape index (κ3) is 4.10. The van der Waals surface area contributed by atoms with Crippen molar-refractivity contribution in [1.29, 1.82) is 5.41 Å². The molecular formula is C18H20Cl2N4O2. The van der Waals surface area contributed by atoms with Crippen molar-refractivity contribution >= 4 is 29.1 Å². The number of amides is 1. The van der Waals surface area contributed by atoms with E-state index < -0.39 is 5.91 Å². The summed E-state index contributed by atoms with van der Waals surface area (Å²) in [6.07, 6.45) is 1.64. The first-order valence-electron chi connectivity index (χ1n) is 8.28. The molecule has 0 radical (unpaired) electrons. The van der Waals surface area contributed by atoms with Crippen LogP contribution in [0.5, 0.6) is 0 Å². The van der Waals surface area contributed by atoms with E-state index in [1.807, 2.05) is 24.3 Å². The summed E-state index contributed by atoms with van der Waals surface area (Å²) in [6.45, 7) is 3.21. The minimum absolute atomic E-state index is 0.0345. The van der Waals surface area contributed by atoms with Gasteiger partial charge in [0.2, 0.25) is 0 Å². The maximum absolute atomic E-state index is 11.6. The Morgan fingerprint density at radius 1 is 1.27 bits per heavy atom. The highest BCUT2D eigenvalue weighted by Gasteiger charge is 2.25. The summed E-state index contributed by atoms with van der Waals surface area (Å²) in [7, 11) is 0. The van der Waals surface area contributed by atoms with Gasteiger partial charge in [-0.05, 0) is 17.7 Å². The molecule has 3 rings (SSSR count). The van der Waals surface area contributed by atoms with E-state index in [0.717, 1.165) is 18.7 Å². The molecule has 1 amide bonds. The van der Waals surface area contributed by atoms with Crippen LogP contribution >= 0.6 is 23.2 Å². The number of rotatable bonds is 5. The van der Waals surface area contributed by atoms with Gasteiger partial charge in [-0.2, -0.15) is 0 Å². The molecule has 26 heavy (non-hydrogen) atoms. The minimum atomic E-state index is -0.674. The highest BCUT2D eigenvalue weighted by molar-refractivity contribution is 6.31. The van der Waals surface area contributed by atoms with E-state index >= 15 is 0 Å². The number of carbonyl (C=O) groups is 1. The molecule has 6 nitrogen and oxygen atoms in total. The lowest BCUT2D eigenvalue weighted by atomic mass is 10.0. The number of ether oxygens (including phenoxy) is 1. The number of hydrogen-bond acceptors (Lipinski definition) is 4. The summed E-state index contributed by atoms with van der Waals surface area (Å²) in [6, 6.07) is 8.99. The molecule has 8 heteroatoms. The molecule has 1 fully saturated rings. The van der Waals surface area contributed by atoms with Crippen LogP contribution in [0.15, 0.2) is 36.5 Å². The molecule has 1 atom stereocenters. The maximum atomic E-state index is 11.6. The molecule has 0 aliphatic carbocycles. The van der Waals surface area contributed by atoms with Crippen LogP contribution < -0.4 is 11.2 Å². The Balaban J connectivity index is 2.03. The lowest BCUT2D eigenvalue weighted by molar-refractivity contribution is 0.0120. The van der Waals surface area contributed by atoms with Gasteiger partial charge in [0.05, 0.1) is 29.8 Å². The number of nitrogens with one attached hydrogen (secondary N) is 1. The van der Waals surface area contributed by atoms with Gasteiger partial charge in [0.25, 0.3) is 5.91 Å². The quantitative estimate of drug-likeness (QED) is 0.816. The van der Waals surface area contributed by atoms with Gasteiger partial charge in [-0.25, -0.2) is 0 Å². The van der Waals surface area contributed by atoms with Crippen LogP contribution in [0.25, 0.3) is 0 Å². The zero-order chi connectivity index (χ0) is 18.7. The molecule has 1 aliphatic rings. The van der Waals surface area contributed by atoms with Crippen LogP contribution in [0.4, 0.5) is 0 Å². The number of hydrogen-bond donors (Lipinski definition) is 2. The summed E-state index contributed by atoms with van der Waals surface area (Å²) >= 11 is 12.6. The van der Waals surface area contributed by atoms with E-state index in [0.29, 0.717) is 29.8 Å². The highest BCUT2D eigenvalue weighted by Crippen LogP contribution is 2.29. The number of primary amides is 1. The zero-order valence-electron chi connectivity index (χ0n) is 14.1. The summed E-state index contributed by atoms with van der Waals surface area (Å²) in [5.41, 5.74) is 6.47. The SMILES string of the molecule is N=c1c(C(N)=O)cc(Cl)cn1CC(c1ccccc1Cl)N1CCOCC1. The topological polar surface area (TPSA) is 84.3 Å². The van der Waals surface area contributed by atoms with Crippen LogP contribution in [0, 0.1) is 5.41 Å². The Morgan fingerprint density at radius 3 is 2.62 bits per heavy atom. The fraction of sp³-hybridized carbons (Fsp3) is 0.333. The third-order valence-electron chi connectivity index (χ3n) is 4.49. The summed E-state index contributed by atoms with van der Waals surface area (Å²) in [5, 5.41) is 9.34. The monoisotopic (exact) mass is 394 g/mol. The molecule has 1 aliphatic heterocycles. The first-order valence-corrected chi connectivity index (χ1v) is 9.03. The average molecular weight is 395 g/mol. The standard InChI is InChI=1S/C18H20Cl2N4O2/c19-12-9-14(18(22)25)17(21)24(10-12)11-16(23-5-7-26-8-6-23)13-3-1-2-4-15(13)20/h1-4,9-10,16,21H,5-8,11H2,(H2,22,25). The minimum Gasteiger partial charge on any atom is -0.379 e. The fourth-order valence-corrected chi connectivity index (χ4v) is 3.66. The van der Waals surface area contributed by atoms with Gasteiger partial charge in [-0.1, -0.05) is 41.4 Å². The molecule has 0 spiro atoms. The molecule has 1 unspecified atom stereocenters. The van der Waals surface area contributed by atoms with Gasteiger partial charge in [-0.3, -0.25) is 15.1 Å². The molecule has 2 aromatic rings. The van der Waals surface area contributed by atoms with E-state index in [-0.39, 0.29) is 17.1 Å². The van der Waals surface area contributed by atoms with E-state index in [9.17, 15) is 4.79 Å². The van der Waals surface area contributed by atoms with Gasteiger partial charge in [-0.15, -0.1) is 0 Å². The number of morpholine rings is 1. The Labute approximate surface area is 161 Å². The summed E-state index contributed by atoms with van der Waals surface area (Å²) < 4.78 is 7.10. The van der Waals surface area contributed by atoms with Crippen molar-refractivity contribution in [3.05, 3.63) is 63.2 Å². The van der Waals surface area contributed by atoms with Crippen LogP contribution in [0.3, 0.4) is 0 Å². The van der Waals surface area contributed by atoms with Crippen molar-refractivity contribution in [2.24, 2.45) is 5.73 Å². The number of halogens is 2. The van der Waals surface area contributed by atoms with Gasteiger partial charge in [0.1, 0.15) is 5.49 Å². The molecule has 138 valence electrons. The lowest BCUT2D eigenvalue weighted by Crippen LogP contribution is -2.42. The van der Waals surface area contributed by atoms with Crippen molar-refractivity contribution in [1.82, 2.24) is 9.47 Å². The van der Waals surface area contributed by atoms with Crippen LogP contribution in [0.1, 0.15) is 22.0 Å². The second-order valence-electron chi connectivity index (χ2n) is 6.12. The lowest BCUT2D eigenvalue weighted by Gasteiger charge is -2.35. The van der Waals surface area contributed by atoms with E-state index in [1.165, 1.54) is 6.07 Å². The van der Waals surface area contributed by atoms with Gasteiger partial charge in [0.15, 0.2) is 0 Å². The first-order chi connectivity index (χ1) is 12.5. The van der Waals surface area contributed by atoms with Crippen molar-refractivity contribution < 1.29 is 9.53 Å². The number of aromatic nitrogens is 1. The predicted molar refractivity (Wildman–Crippen MR) is 100 cm³/mol. The summed E-state index contributed by atoms with van der Waals surface area (Å²) in [4.78, 5) is 13.9. The van der Waals surface area contributed by atoms with E-state index in [1.54, 1.807) is 10.8 Å². The van der Waals surface area contributed by atoms with Crippen molar-refractivity contribution in [3.63, 3.8) is 0 Å². The van der Waals surface area contributed by atoms with Crippen molar-refractivity contribution in [2.45, 2.75) is 12.6 Å².